The molecule has 0 aliphatic carbocycles. The van der Waals surface area contributed by atoms with Gasteiger partial charge in [0.15, 0.2) is 0 Å². The van der Waals surface area contributed by atoms with Gasteiger partial charge in [-0.05, 0) is 13.3 Å². The van der Waals surface area contributed by atoms with Crippen LogP contribution in [0.5, 0.6) is 0 Å². The molecule has 6 nitrogen and oxygen atoms in total. The van der Waals surface area contributed by atoms with Crippen molar-refractivity contribution in [3.8, 4) is 0 Å². The summed E-state index contributed by atoms with van der Waals surface area (Å²) >= 11 is 0. The maximum absolute atomic E-state index is 11.8. The van der Waals surface area contributed by atoms with Gasteiger partial charge in [0.05, 0.1) is 12.3 Å². The molecule has 0 aromatic carbocycles. The summed E-state index contributed by atoms with van der Waals surface area (Å²) < 4.78 is 0. The molecule has 0 aromatic heterocycles. The van der Waals surface area contributed by atoms with Crippen molar-refractivity contribution in [3.05, 3.63) is 0 Å². The van der Waals surface area contributed by atoms with Gasteiger partial charge in [0, 0.05) is 25.6 Å². The molecule has 1 rings (SSSR count). The number of nitrogens with zero attached hydrogens (tertiary/aromatic N) is 1. The lowest BCUT2D eigenvalue weighted by molar-refractivity contribution is -0.137. The highest BCUT2D eigenvalue weighted by atomic mass is 16.4. The van der Waals surface area contributed by atoms with E-state index in [0.717, 1.165) is 12.8 Å². The monoisotopic (exact) mass is 270 g/mol. The Hall–Kier alpha value is -1.59. The number of amides is 2. The molecule has 0 bridgehead atoms. The van der Waals surface area contributed by atoms with E-state index in [-0.39, 0.29) is 43.2 Å². The third-order valence-corrected chi connectivity index (χ3v) is 3.41. The minimum Gasteiger partial charge on any atom is -0.481 e. The van der Waals surface area contributed by atoms with Gasteiger partial charge in [-0.15, -0.1) is 0 Å². The molecule has 108 valence electrons. The fourth-order valence-corrected chi connectivity index (χ4v) is 2.34. The summed E-state index contributed by atoms with van der Waals surface area (Å²) in [6.45, 7) is 4.61. The van der Waals surface area contributed by atoms with E-state index in [1.165, 1.54) is 0 Å². The molecule has 1 saturated heterocycles. The second kappa shape index (κ2) is 7.11. The van der Waals surface area contributed by atoms with Crippen LogP contribution in [0.3, 0.4) is 0 Å². The summed E-state index contributed by atoms with van der Waals surface area (Å²) in [5.74, 6) is -1.50. The Morgan fingerprint density at radius 2 is 2.21 bits per heavy atom. The smallest absolute Gasteiger partial charge is 0.305 e. The Morgan fingerprint density at radius 3 is 2.79 bits per heavy atom. The molecule has 1 heterocycles. The van der Waals surface area contributed by atoms with Crippen LogP contribution < -0.4 is 5.32 Å². The van der Waals surface area contributed by atoms with Crippen LogP contribution in [0.25, 0.3) is 0 Å². The number of aliphatic carboxylic acids is 1. The number of rotatable bonds is 7. The Bertz CT molecular complexity index is 357. The average molecular weight is 270 g/mol. The van der Waals surface area contributed by atoms with Crippen LogP contribution in [-0.2, 0) is 14.4 Å². The average Bonchev–Trinajstić information content (AvgIpc) is 2.71. The van der Waals surface area contributed by atoms with Crippen molar-refractivity contribution in [1.29, 1.82) is 0 Å². The van der Waals surface area contributed by atoms with Gasteiger partial charge in [-0.3, -0.25) is 14.4 Å². The van der Waals surface area contributed by atoms with E-state index in [1.807, 2.05) is 6.92 Å². The zero-order valence-electron chi connectivity index (χ0n) is 11.5. The number of hydrogen-bond donors (Lipinski definition) is 2. The Balaban J connectivity index is 2.42. The van der Waals surface area contributed by atoms with E-state index in [1.54, 1.807) is 4.90 Å². The van der Waals surface area contributed by atoms with Crippen LogP contribution in [0.2, 0.25) is 0 Å². The number of carboxylic acids is 1. The van der Waals surface area contributed by atoms with E-state index in [9.17, 15) is 14.4 Å². The van der Waals surface area contributed by atoms with Crippen molar-refractivity contribution in [3.63, 3.8) is 0 Å². The molecular weight excluding hydrogens is 248 g/mol. The zero-order valence-corrected chi connectivity index (χ0v) is 11.5. The first-order chi connectivity index (χ1) is 8.95. The van der Waals surface area contributed by atoms with Gasteiger partial charge < -0.3 is 15.3 Å². The Labute approximate surface area is 113 Å². The molecule has 2 amide bonds. The lowest BCUT2D eigenvalue weighted by Crippen LogP contribution is -2.37. The van der Waals surface area contributed by atoms with E-state index >= 15 is 0 Å². The zero-order chi connectivity index (χ0) is 14.4. The van der Waals surface area contributed by atoms with Crippen LogP contribution >= 0.6 is 0 Å². The number of carboxylic acid groups (broad SMARTS) is 1. The first-order valence-electron chi connectivity index (χ1n) is 6.74. The van der Waals surface area contributed by atoms with Crippen molar-refractivity contribution < 1.29 is 19.5 Å². The van der Waals surface area contributed by atoms with Crippen LogP contribution in [0, 0.1) is 5.92 Å². The number of likely N-dealkylation sites (tertiary alicyclic amines) is 1. The second-order valence-electron chi connectivity index (χ2n) is 5.02. The van der Waals surface area contributed by atoms with E-state index < -0.39 is 5.97 Å². The van der Waals surface area contributed by atoms with Gasteiger partial charge in [0.2, 0.25) is 11.8 Å². The summed E-state index contributed by atoms with van der Waals surface area (Å²) in [6, 6.07) is 0.161. The van der Waals surface area contributed by atoms with E-state index in [0.29, 0.717) is 6.54 Å². The van der Waals surface area contributed by atoms with Crippen LogP contribution in [0.15, 0.2) is 0 Å². The summed E-state index contributed by atoms with van der Waals surface area (Å²) in [6.07, 6.45) is 2.06. The van der Waals surface area contributed by atoms with Crippen LogP contribution in [0.1, 0.15) is 39.5 Å². The first-order valence-corrected chi connectivity index (χ1v) is 6.74. The minimum atomic E-state index is -0.944. The fourth-order valence-electron chi connectivity index (χ4n) is 2.34. The summed E-state index contributed by atoms with van der Waals surface area (Å²) in [5.41, 5.74) is 0. The van der Waals surface area contributed by atoms with Crippen molar-refractivity contribution in [1.82, 2.24) is 10.2 Å². The Kier molecular flexibility index (Phi) is 5.79. The SMILES string of the molecule is CCC[C@@H](C)N1C[C@@H](C(=O)NCCC(=O)O)CC1=O. The number of hydrogen-bond acceptors (Lipinski definition) is 3. The topological polar surface area (TPSA) is 86.7 Å². The normalized spacial score (nSPS) is 20.4. The molecule has 0 unspecified atom stereocenters. The van der Waals surface area contributed by atoms with Gasteiger partial charge in [-0.2, -0.15) is 0 Å². The predicted octanol–water partition coefficient (Wildman–Crippen LogP) is 0.614. The molecule has 0 radical (unpaired) electrons. The highest BCUT2D eigenvalue weighted by Gasteiger charge is 2.36. The van der Waals surface area contributed by atoms with Crippen LogP contribution in [-0.4, -0.2) is 46.9 Å². The number of carbonyl (C=O) groups excluding carboxylic acids is 2. The van der Waals surface area contributed by atoms with Crippen LogP contribution in [0.4, 0.5) is 0 Å². The molecular formula is C13H22N2O4. The molecule has 0 spiro atoms. The summed E-state index contributed by atoms with van der Waals surface area (Å²) in [4.78, 5) is 35.8. The molecule has 1 aliphatic heterocycles. The molecule has 0 aromatic rings. The first kappa shape index (κ1) is 15.5. The molecule has 1 aliphatic rings. The fraction of sp³-hybridized carbons (Fsp3) is 0.769. The van der Waals surface area contributed by atoms with Crippen molar-refractivity contribution in [2.45, 2.75) is 45.6 Å². The minimum absolute atomic E-state index is 0.0133. The molecule has 2 N–H and O–H groups in total. The molecule has 6 heteroatoms. The van der Waals surface area contributed by atoms with Gasteiger partial charge in [0.1, 0.15) is 0 Å². The summed E-state index contributed by atoms with van der Waals surface area (Å²) in [5, 5.41) is 11.1. The number of carbonyl (C=O) groups is 3. The van der Waals surface area contributed by atoms with E-state index in [2.05, 4.69) is 12.2 Å². The van der Waals surface area contributed by atoms with E-state index in [4.69, 9.17) is 5.11 Å². The third kappa shape index (κ3) is 4.54. The van der Waals surface area contributed by atoms with Crippen molar-refractivity contribution in [2.24, 2.45) is 5.92 Å². The molecule has 2 atom stereocenters. The highest BCUT2D eigenvalue weighted by molar-refractivity contribution is 5.89. The van der Waals surface area contributed by atoms with Gasteiger partial charge in [-0.1, -0.05) is 13.3 Å². The highest BCUT2D eigenvalue weighted by Crippen LogP contribution is 2.22. The van der Waals surface area contributed by atoms with Crippen molar-refractivity contribution in [2.75, 3.05) is 13.1 Å². The predicted molar refractivity (Wildman–Crippen MR) is 69.5 cm³/mol. The lowest BCUT2D eigenvalue weighted by atomic mass is 10.1. The summed E-state index contributed by atoms with van der Waals surface area (Å²) in [7, 11) is 0. The van der Waals surface area contributed by atoms with Gasteiger partial charge >= 0.3 is 5.97 Å². The van der Waals surface area contributed by atoms with Gasteiger partial charge in [-0.25, -0.2) is 0 Å². The Morgan fingerprint density at radius 1 is 1.53 bits per heavy atom. The molecule has 0 saturated carbocycles. The maximum Gasteiger partial charge on any atom is 0.305 e. The standard InChI is InChI=1S/C13H22N2O4/c1-3-4-9(2)15-8-10(7-11(15)16)13(19)14-6-5-12(17)18/h9-10H,3-8H2,1-2H3,(H,14,19)(H,17,18)/t9-,10+/m1/s1. The largest absolute Gasteiger partial charge is 0.481 e. The van der Waals surface area contributed by atoms with Gasteiger partial charge in [0.25, 0.3) is 0 Å². The third-order valence-electron chi connectivity index (χ3n) is 3.41. The second-order valence-corrected chi connectivity index (χ2v) is 5.02. The molecule has 1 fully saturated rings. The molecule has 19 heavy (non-hydrogen) atoms. The quantitative estimate of drug-likeness (QED) is 0.710. The lowest BCUT2D eigenvalue weighted by Gasteiger charge is -2.24. The van der Waals surface area contributed by atoms with Crippen molar-refractivity contribution >= 4 is 17.8 Å². The maximum atomic E-state index is 11.8. The number of nitrogens with one attached hydrogen (secondary N) is 1.